The molecule has 0 spiro atoms. The molecule has 0 heterocycles. The summed E-state index contributed by atoms with van der Waals surface area (Å²) in [5, 5.41) is 0. The monoisotopic (exact) mass is 258 g/mol. The minimum absolute atomic E-state index is 0.765. The molecule has 0 rings (SSSR count). The smallest absolute Gasteiger partial charge is 0.253 e. The van der Waals surface area contributed by atoms with Crippen molar-refractivity contribution < 1.29 is 25.8 Å². The van der Waals surface area contributed by atoms with Crippen LogP contribution in [0.25, 0.3) is 0 Å². The Hall–Kier alpha value is -0.740. The molecule has 0 radical (unpaired) electrons. The van der Waals surface area contributed by atoms with Crippen LogP contribution in [0.15, 0.2) is 0 Å². The van der Waals surface area contributed by atoms with Crippen molar-refractivity contribution in [3.05, 3.63) is 0 Å². The Morgan fingerprint density at radius 3 is 1.88 bits per heavy atom. The Morgan fingerprint density at radius 1 is 1.19 bits per heavy atom. The summed E-state index contributed by atoms with van der Waals surface area (Å²) in [7, 11) is -3.84. The second-order valence-corrected chi connectivity index (χ2v) is 5.91. The van der Waals surface area contributed by atoms with Crippen LogP contribution in [0.5, 0.6) is 0 Å². The van der Waals surface area contributed by atoms with E-state index in [-0.39, 0.29) is 0 Å². The van der Waals surface area contributed by atoms with E-state index in [9.17, 15) is 21.6 Å². The Morgan fingerprint density at radius 2 is 1.62 bits per heavy atom. The first-order valence-electron chi connectivity index (χ1n) is 4.29. The van der Waals surface area contributed by atoms with Crippen molar-refractivity contribution >= 4 is 10.1 Å². The van der Waals surface area contributed by atoms with Gasteiger partial charge in [0.05, 0.1) is 6.26 Å². The molecule has 0 saturated heterocycles. The minimum Gasteiger partial charge on any atom is -0.253 e. The van der Waals surface area contributed by atoms with E-state index < -0.39 is 27.8 Å². The van der Waals surface area contributed by atoms with Gasteiger partial charge in [0.2, 0.25) is 0 Å². The summed E-state index contributed by atoms with van der Waals surface area (Å²) in [4.78, 5) is 0. The van der Waals surface area contributed by atoms with Gasteiger partial charge in [0.25, 0.3) is 10.1 Å². The van der Waals surface area contributed by atoms with Gasteiger partial charge in [-0.2, -0.15) is 21.6 Å². The normalized spacial score (nSPS) is 15.2. The highest BCUT2D eigenvalue weighted by Crippen LogP contribution is 2.24. The van der Waals surface area contributed by atoms with Crippen LogP contribution in [0.2, 0.25) is 0 Å². The summed E-state index contributed by atoms with van der Waals surface area (Å²) in [5.41, 5.74) is -0.832. The summed E-state index contributed by atoms with van der Waals surface area (Å²) in [6.45, 7) is 4.61. The average molecular weight is 258 g/mol. The van der Waals surface area contributed by atoms with Gasteiger partial charge >= 0.3 is 6.18 Å². The first-order chi connectivity index (χ1) is 6.81. The van der Waals surface area contributed by atoms with Crippen LogP contribution in [-0.4, -0.2) is 27.0 Å². The van der Waals surface area contributed by atoms with Gasteiger partial charge in [-0.15, -0.1) is 0 Å². The van der Waals surface area contributed by atoms with Crippen LogP contribution in [0.4, 0.5) is 13.2 Å². The van der Waals surface area contributed by atoms with Gasteiger partial charge in [-0.1, -0.05) is 26.7 Å². The molecule has 0 aromatic rings. The number of alkyl halides is 3. The van der Waals surface area contributed by atoms with E-state index in [2.05, 4.69) is 4.18 Å². The van der Waals surface area contributed by atoms with Crippen LogP contribution >= 0.6 is 0 Å². The molecule has 0 aliphatic carbocycles. The third kappa shape index (κ3) is 7.54. The summed E-state index contributed by atoms with van der Waals surface area (Å²) in [6, 6.07) is 0. The number of hydrogen-bond acceptors (Lipinski definition) is 3. The van der Waals surface area contributed by atoms with Gasteiger partial charge < -0.3 is 0 Å². The van der Waals surface area contributed by atoms with Crippen LogP contribution in [-0.2, 0) is 14.3 Å². The van der Waals surface area contributed by atoms with Crippen molar-refractivity contribution in [2.45, 2.75) is 33.1 Å². The molecule has 1 unspecified atom stereocenters. The largest absolute Gasteiger partial charge is 0.457 e. The molecule has 16 heavy (non-hydrogen) atoms. The second kappa shape index (κ2) is 4.63. The Kier molecular flexibility index (Phi) is 4.42. The van der Waals surface area contributed by atoms with E-state index in [1.165, 1.54) is 20.8 Å². The molecule has 0 fully saturated rings. The third-order valence-electron chi connectivity index (χ3n) is 1.40. The van der Waals surface area contributed by atoms with Gasteiger partial charge in [0.1, 0.15) is 6.10 Å². The lowest BCUT2D eigenvalue weighted by molar-refractivity contribution is -0.0701. The highest BCUT2D eigenvalue weighted by Gasteiger charge is 2.30. The molecule has 3 nitrogen and oxygen atoms in total. The van der Waals surface area contributed by atoms with Crippen LogP contribution in [0, 0.1) is 17.3 Å². The molecule has 0 saturated carbocycles. The van der Waals surface area contributed by atoms with Gasteiger partial charge in [-0.25, -0.2) is 0 Å². The summed E-state index contributed by atoms with van der Waals surface area (Å²) in [5.74, 6) is 2.79. The first-order valence-corrected chi connectivity index (χ1v) is 6.10. The van der Waals surface area contributed by atoms with Crippen LogP contribution < -0.4 is 0 Å². The third-order valence-corrected chi connectivity index (χ3v) is 1.94. The maximum absolute atomic E-state index is 11.9. The standard InChI is InChI=1S/C9H13F3O3S/c1-8(2,3)7(15-16(4,13)14)5-6-9(10,11)12/h7H,1-4H3. The van der Waals surface area contributed by atoms with Crippen LogP contribution in [0.3, 0.4) is 0 Å². The SMILES string of the molecule is CC(C)(C)C(C#CC(F)(F)F)OS(C)(=O)=O. The summed E-state index contributed by atoms with van der Waals surface area (Å²) in [6.07, 6.45) is -5.23. The molecular weight excluding hydrogens is 245 g/mol. The maximum atomic E-state index is 11.9. The molecule has 0 aliphatic rings. The molecule has 7 heteroatoms. The minimum atomic E-state index is -4.66. The van der Waals surface area contributed by atoms with Gasteiger partial charge in [0.15, 0.2) is 0 Å². The molecule has 0 aliphatic heterocycles. The van der Waals surface area contributed by atoms with Crippen molar-refractivity contribution in [2.24, 2.45) is 5.41 Å². The van der Waals surface area contributed by atoms with E-state index in [1.807, 2.05) is 0 Å². The number of hydrogen-bond donors (Lipinski definition) is 0. The second-order valence-electron chi connectivity index (χ2n) is 4.31. The lowest BCUT2D eigenvalue weighted by Gasteiger charge is -2.24. The zero-order valence-electron chi connectivity index (χ0n) is 9.34. The molecule has 0 N–H and O–H groups in total. The summed E-state index contributed by atoms with van der Waals surface area (Å²) >= 11 is 0. The number of rotatable bonds is 2. The fourth-order valence-corrected chi connectivity index (χ4v) is 1.39. The fraction of sp³-hybridized carbons (Fsp3) is 0.778. The molecule has 0 amide bonds. The highest BCUT2D eigenvalue weighted by molar-refractivity contribution is 7.86. The molecule has 94 valence electrons. The lowest BCUT2D eigenvalue weighted by atomic mass is 9.89. The zero-order chi connectivity index (χ0) is 13.2. The van der Waals surface area contributed by atoms with E-state index in [0.717, 1.165) is 12.2 Å². The predicted octanol–water partition coefficient (Wildman–Crippen LogP) is 1.94. The summed E-state index contributed by atoms with van der Waals surface area (Å²) < 4.78 is 61.8. The van der Waals surface area contributed by atoms with Crippen molar-refractivity contribution in [3.63, 3.8) is 0 Å². The van der Waals surface area contributed by atoms with Crippen molar-refractivity contribution in [1.82, 2.24) is 0 Å². The van der Waals surface area contributed by atoms with Crippen molar-refractivity contribution in [2.75, 3.05) is 6.26 Å². The predicted molar refractivity (Wildman–Crippen MR) is 53.0 cm³/mol. The van der Waals surface area contributed by atoms with Gasteiger partial charge in [-0.05, 0) is 0 Å². The van der Waals surface area contributed by atoms with Gasteiger partial charge in [-0.3, -0.25) is 4.18 Å². The molecular formula is C9H13F3O3S. The highest BCUT2D eigenvalue weighted by atomic mass is 32.2. The van der Waals surface area contributed by atoms with E-state index >= 15 is 0 Å². The van der Waals surface area contributed by atoms with Crippen molar-refractivity contribution in [3.8, 4) is 11.8 Å². The molecule has 0 bridgehead atoms. The van der Waals surface area contributed by atoms with Crippen LogP contribution in [0.1, 0.15) is 20.8 Å². The van der Waals surface area contributed by atoms with Gasteiger partial charge in [0, 0.05) is 11.3 Å². The maximum Gasteiger partial charge on any atom is 0.457 e. The fourth-order valence-electron chi connectivity index (χ4n) is 0.707. The topological polar surface area (TPSA) is 43.4 Å². The quantitative estimate of drug-likeness (QED) is 0.561. The Bertz CT molecular complexity index is 392. The molecule has 1 atom stereocenters. The van der Waals surface area contributed by atoms with E-state index in [4.69, 9.17) is 0 Å². The molecule has 0 aromatic carbocycles. The Balaban J connectivity index is 5.05. The lowest BCUT2D eigenvalue weighted by Crippen LogP contribution is -2.30. The number of halogens is 3. The first kappa shape index (κ1) is 15.3. The molecule has 0 aromatic heterocycles. The zero-order valence-corrected chi connectivity index (χ0v) is 10.2. The average Bonchev–Trinajstić information content (AvgIpc) is 1.91. The Labute approximate surface area is 93.1 Å². The van der Waals surface area contributed by atoms with E-state index in [1.54, 1.807) is 5.92 Å². The van der Waals surface area contributed by atoms with E-state index in [0.29, 0.717) is 0 Å². The van der Waals surface area contributed by atoms with Crippen molar-refractivity contribution in [1.29, 1.82) is 0 Å².